The summed E-state index contributed by atoms with van der Waals surface area (Å²) in [4.78, 5) is 17.0. The summed E-state index contributed by atoms with van der Waals surface area (Å²) >= 11 is 0. The van der Waals surface area contributed by atoms with Gasteiger partial charge in [0.1, 0.15) is 0 Å². The Morgan fingerprint density at radius 2 is 1.95 bits per heavy atom. The highest BCUT2D eigenvalue weighted by Gasteiger charge is 2.31. The van der Waals surface area contributed by atoms with Gasteiger partial charge in [-0.2, -0.15) is 5.10 Å². The Bertz CT molecular complexity index is 523. The summed E-state index contributed by atoms with van der Waals surface area (Å²) in [5, 5.41) is 7.52. The predicted octanol–water partition coefficient (Wildman–Crippen LogP) is 2.35. The molecule has 0 aromatic carbocycles. The van der Waals surface area contributed by atoms with Crippen LogP contribution in [-0.2, 0) is 7.05 Å². The first-order valence-electron chi connectivity index (χ1n) is 8.09. The number of piperazine rings is 1. The van der Waals surface area contributed by atoms with Gasteiger partial charge in [0.15, 0.2) is 0 Å². The van der Waals surface area contributed by atoms with Crippen LogP contribution in [0.1, 0.15) is 39.3 Å². The number of rotatable bonds is 3. The standard InChI is InChI=1S/C16H29N5O/c1-11(2)14-10-19(5)7-8-21(14)16(22)17-13-9-20(6)18-15(13)12(3)4/h9,11-12,14H,7-8,10H2,1-6H3,(H,17,22). The van der Waals surface area contributed by atoms with Gasteiger partial charge in [0.05, 0.1) is 11.4 Å². The molecule has 22 heavy (non-hydrogen) atoms. The second-order valence-corrected chi connectivity index (χ2v) is 6.95. The zero-order valence-electron chi connectivity index (χ0n) is 14.6. The van der Waals surface area contributed by atoms with Gasteiger partial charge in [0.25, 0.3) is 0 Å². The molecule has 1 aliphatic heterocycles. The Hall–Kier alpha value is -1.56. The highest BCUT2D eigenvalue weighted by Crippen LogP contribution is 2.24. The molecule has 2 heterocycles. The monoisotopic (exact) mass is 307 g/mol. The fraction of sp³-hybridized carbons (Fsp3) is 0.750. The first-order valence-corrected chi connectivity index (χ1v) is 8.09. The van der Waals surface area contributed by atoms with Gasteiger partial charge in [0, 0.05) is 38.9 Å². The predicted molar refractivity (Wildman–Crippen MR) is 89.1 cm³/mol. The van der Waals surface area contributed by atoms with Crippen molar-refractivity contribution in [3.05, 3.63) is 11.9 Å². The van der Waals surface area contributed by atoms with Crippen molar-refractivity contribution in [1.82, 2.24) is 19.6 Å². The van der Waals surface area contributed by atoms with Gasteiger partial charge < -0.3 is 15.1 Å². The fourth-order valence-electron chi connectivity index (χ4n) is 2.99. The summed E-state index contributed by atoms with van der Waals surface area (Å²) in [6, 6.07) is 0.236. The number of nitrogens with one attached hydrogen (secondary N) is 1. The summed E-state index contributed by atoms with van der Waals surface area (Å²) in [7, 11) is 4.00. The lowest BCUT2D eigenvalue weighted by molar-refractivity contribution is 0.0922. The summed E-state index contributed by atoms with van der Waals surface area (Å²) < 4.78 is 1.76. The molecule has 0 aliphatic carbocycles. The molecular weight excluding hydrogens is 278 g/mol. The zero-order chi connectivity index (χ0) is 16.4. The van der Waals surface area contributed by atoms with Gasteiger partial charge in [-0.15, -0.1) is 0 Å². The molecule has 1 aromatic rings. The van der Waals surface area contributed by atoms with E-state index >= 15 is 0 Å². The van der Waals surface area contributed by atoms with Gasteiger partial charge in [-0.05, 0) is 18.9 Å². The topological polar surface area (TPSA) is 53.4 Å². The van der Waals surface area contributed by atoms with E-state index in [0.29, 0.717) is 5.92 Å². The number of aryl methyl sites for hydroxylation is 1. The highest BCUT2D eigenvalue weighted by molar-refractivity contribution is 5.90. The van der Waals surface area contributed by atoms with Crippen LogP contribution in [0, 0.1) is 5.92 Å². The third-order valence-electron chi connectivity index (χ3n) is 4.30. The Kier molecular flexibility index (Phi) is 5.11. The van der Waals surface area contributed by atoms with Crippen LogP contribution in [0.4, 0.5) is 10.5 Å². The van der Waals surface area contributed by atoms with E-state index in [-0.39, 0.29) is 18.0 Å². The first kappa shape index (κ1) is 16.8. The van der Waals surface area contributed by atoms with E-state index in [2.05, 4.69) is 50.1 Å². The van der Waals surface area contributed by atoms with Crippen LogP contribution in [0.2, 0.25) is 0 Å². The minimum absolute atomic E-state index is 0.0123. The van der Waals surface area contributed by atoms with E-state index in [0.717, 1.165) is 31.0 Å². The van der Waals surface area contributed by atoms with E-state index in [9.17, 15) is 4.79 Å². The highest BCUT2D eigenvalue weighted by atomic mass is 16.2. The number of amides is 2. The van der Waals surface area contributed by atoms with Gasteiger partial charge in [-0.1, -0.05) is 27.7 Å². The minimum Gasteiger partial charge on any atom is -0.319 e. The van der Waals surface area contributed by atoms with Gasteiger partial charge in [-0.3, -0.25) is 4.68 Å². The number of urea groups is 1. The van der Waals surface area contributed by atoms with E-state index in [1.54, 1.807) is 4.68 Å². The van der Waals surface area contributed by atoms with Gasteiger partial charge in [0.2, 0.25) is 0 Å². The van der Waals surface area contributed by atoms with Gasteiger partial charge in [-0.25, -0.2) is 4.79 Å². The maximum atomic E-state index is 12.7. The minimum atomic E-state index is -0.0123. The van der Waals surface area contributed by atoms with Crippen LogP contribution < -0.4 is 5.32 Å². The van der Waals surface area contributed by atoms with E-state index in [1.807, 2.05) is 18.1 Å². The second-order valence-electron chi connectivity index (χ2n) is 6.95. The number of carbonyl (C=O) groups excluding carboxylic acids is 1. The normalized spacial score (nSPS) is 20.0. The van der Waals surface area contributed by atoms with Crippen LogP contribution in [-0.4, -0.2) is 58.3 Å². The number of hydrogen-bond donors (Lipinski definition) is 1. The Morgan fingerprint density at radius 3 is 2.55 bits per heavy atom. The molecule has 0 spiro atoms. The van der Waals surface area contributed by atoms with E-state index < -0.39 is 0 Å². The Labute approximate surface area is 133 Å². The van der Waals surface area contributed by atoms with Crippen LogP contribution >= 0.6 is 0 Å². The molecule has 1 aliphatic rings. The molecule has 6 heteroatoms. The molecule has 124 valence electrons. The van der Waals surface area contributed by atoms with Crippen LogP contribution in [0.25, 0.3) is 0 Å². The van der Waals surface area contributed by atoms with Crippen LogP contribution in [0.3, 0.4) is 0 Å². The molecule has 1 fully saturated rings. The maximum Gasteiger partial charge on any atom is 0.322 e. The van der Waals surface area contributed by atoms with Crippen LogP contribution in [0.15, 0.2) is 6.20 Å². The summed E-state index contributed by atoms with van der Waals surface area (Å²) in [6.45, 7) is 11.1. The molecule has 0 radical (unpaired) electrons. The fourth-order valence-corrected chi connectivity index (χ4v) is 2.99. The molecule has 1 saturated heterocycles. The number of anilines is 1. The lowest BCUT2D eigenvalue weighted by atomic mass is 10.0. The molecule has 6 nitrogen and oxygen atoms in total. The van der Waals surface area contributed by atoms with Crippen molar-refractivity contribution in [2.24, 2.45) is 13.0 Å². The van der Waals surface area contributed by atoms with Crippen molar-refractivity contribution >= 4 is 11.7 Å². The van der Waals surface area contributed by atoms with Crippen molar-refractivity contribution in [2.75, 3.05) is 32.0 Å². The zero-order valence-corrected chi connectivity index (χ0v) is 14.6. The molecule has 2 amide bonds. The average Bonchev–Trinajstić information content (AvgIpc) is 2.79. The molecule has 1 N–H and O–H groups in total. The maximum absolute atomic E-state index is 12.7. The number of carbonyl (C=O) groups is 1. The summed E-state index contributed by atoms with van der Waals surface area (Å²) in [6.07, 6.45) is 1.88. The molecule has 0 saturated carbocycles. The summed E-state index contributed by atoms with van der Waals surface area (Å²) in [5.74, 6) is 0.719. The molecule has 1 unspecified atom stereocenters. The quantitative estimate of drug-likeness (QED) is 0.932. The van der Waals surface area contributed by atoms with Crippen molar-refractivity contribution in [2.45, 2.75) is 39.7 Å². The van der Waals surface area contributed by atoms with Gasteiger partial charge >= 0.3 is 6.03 Å². The van der Waals surface area contributed by atoms with E-state index in [1.165, 1.54) is 0 Å². The van der Waals surface area contributed by atoms with Crippen molar-refractivity contribution < 1.29 is 4.79 Å². The molecule has 0 bridgehead atoms. The lowest BCUT2D eigenvalue weighted by Crippen LogP contribution is -2.57. The number of likely N-dealkylation sites (N-methyl/N-ethyl adjacent to an activating group) is 1. The van der Waals surface area contributed by atoms with Crippen molar-refractivity contribution in [1.29, 1.82) is 0 Å². The van der Waals surface area contributed by atoms with Crippen molar-refractivity contribution in [3.8, 4) is 0 Å². The Morgan fingerprint density at radius 1 is 1.27 bits per heavy atom. The molecule has 1 aromatic heterocycles. The van der Waals surface area contributed by atoms with Crippen molar-refractivity contribution in [3.63, 3.8) is 0 Å². The molecule has 2 rings (SSSR count). The number of nitrogens with zero attached hydrogens (tertiary/aromatic N) is 4. The Balaban J connectivity index is 2.14. The lowest BCUT2D eigenvalue weighted by Gasteiger charge is -2.42. The summed E-state index contributed by atoms with van der Waals surface area (Å²) in [5.41, 5.74) is 1.76. The number of aromatic nitrogens is 2. The molecular formula is C16H29N5O. The number of hydrogen-bond acceptors (Lipinski definition) is 3. The average molecular weight is 307 g/mol. The SMILES string of the molecule is CC(C)c1nn(C)cc1NC(=O)N1CCN(C)CC1C(C)C. The smallest absolute Gasteiger partial charge is 0.319 e. The second kappa shape index (κ2) is 6.69. The third-order valence-corrected chi connectivity index (χ3v) is 4.30. The molecule has 1 atom stereocenters. The van der Waals surface area contributed by atoms with E-state index in [4.69, 9.17) is 0 Å². The van der Waals surface area contributed by atoms with Crippen LogP contribution in [0.5, 0.6) is 0 Å². The first-order chi connectivity index (χ1) is 10.3. The third kappa shape index (κ3) is 3.61. The largest absolute Gasteiger partial charge is 0.322 e.